The van der Waals surface area contributed by atoms with E-state index in [2.05, 4.69) is 33.6 Å². The molecule has 1 aliphatic rings. The lowest BCUT2D eigenvalue weighted by Gasteiger charge is -2.36. The van der Waals surface area contributed by atoms with Crippen LogP contribution in [0.2, 0.25) is 0 Å². The first-order valence-corrected chi connectivity index (χ1v) is 7.06. The molecule has 0 N–H and O–H groups in total. The van der Waals surface area contributed by atoms with E-state index in [0.717, 1.165) is 43.5 Å². The number of hydrogen-bond acceptors (Lipinski definition) is 4. The monoisotopic (exact) mass is 268 g/mol. The van der Waals surface area contributed by atoms with Crippen LogP contribution in [0.15, 0.2) is 12.5 Å². The van der Waals surface area contributed by atoms with Gasteiger partial charge in [0.2, 0.25) is 0 Å². The molecule has 1 aliphatic heterocycles. The molecule has 0 radical (unpaired) electrons. The van der Waals surface area contributed by atoms with Crippen LogP contribution in [0.1, 0.15) is 19.4 Å². The number of hydrogen-bond donors (Lipinski definition) is 0. The standard InChI is InChI=1S/C13H21ClN4/c1-11(2)9-17-3-5-18(6-4-17)13-12(7-14)8-15-10-16-13/h8,10-11H,3-7,9H2,1-2H3. The summed E-state index contributed by atoms with van der Waals surface area (Å²) in [6.07, 6.45) is 3.42. The largest absolute Gasteiger partial charge is 0.354 e. The van der Waals surface area contributed by atoms with Crippen molar-refractivity contribution in [2.75, 3.05) is 37.6 Å². The minimum atomic E-state index is 0.475. The molecule has 4 nitrogen and oxygen atoms in total. The van der Waals surface area contributed by atoms with Crippen LogP contribution < -0.4 is 4.90 Å². The van der Waals surface area contributed by atoms with Crippen molar-refractivity contribution in [1.29, 1.82) is 0 Å². The number of alkyl halides is 1. The molecule has 0 bridgehead atoms. The Bertz CT molecular complexity index is 375. The van der Waals surface area contributed by atoms with Gasteiger partial charge in [-0.2, -0.15) is 0 Å². The number of rotatable bonds is 4. The second-order valence-corrected chi connectivity index (χ2v) is 5.45. The van der Waals surface area contributed by atoms with E-state index in [0.29, 0.717) is 5.88 Å². The highest BCUT2D eigenvalue weighted by Gasteiger charge is 2.20. The predicted octanol–water partition coefficient (Wildman–Crippen LogP) is 1.99. The van der Waals surface area contributed by atoms with Crippen molar-refractivity contribution in [2.45, 2.75) is 19.7 Å². The molecular weight excluding hydrogens is 248 g/mol. The normalized spacial score (nSPS) is 17.4. The molecule has 0 unspecified atom stereocenters. The average molecular weight is 269 g/mol. The third-order valence-electron chi connectivity index (χ3n) is 3.20. The van der Waals surface area contributed by atoms with Crippen LogP contribution in [0, 0.1) is 5.92 Å². The van der Waals surface area contributed by atoms with Gasteiger partial charge in [-0.1, -0.05) is 13.8 Å². The summed E-state index contributed by atoms with van der Waals surface area (Å²) < 4.78 is 0. The molecule has 0 amide bonds. The highest BCUT2D eigenvalue weighted by atomic mass is 35.5. The molecule has 0 spiro atoms. The van der Waals surface area contributed by atoms with Crippen LogP contribution >= 0.6 is 11.6 Å². The maximum atomic E-state index is 5.93. The molecule has 1 fully saturated rings. The summed E-state index contributed by atoms with van der Waals surface area (Å²) >= 11 is 5.93. The SMILES string of the molecule is CC(C)CN1CCN(c2ncncc2CCl)CC1. The van der Waals surface area contributed by atoms with Gasteiger partial charge in [-0.05, 0) is 5.92 Å². The van der Waals surface area contributed by atoms with Crippen LogP contribution in [0.4, 0.5) is 5.82 Å². The van der Waals surface area contributed by atoms with Crippen molar-refractivity contribution in [3.63, 3.8) is 0 Å². The highest BCUT2D eigenvalue weighted by molar-refractivity contribution is 6.17. The van der Waals surface area contributed by atoms with Crippen molar-refractivity contribution in [1.82, 2.24) is 14.9 Å². The van der Waals surface area contributed by atoms with Crippen molar-refractivity contribution in [2.24, 2.45) is 5.92 Å². The quantitative estimate of drug-likeness (QED) is 0.782. The smallest absolute Gasteiger partial charge is 0.136 e. The Morgan fingerprint density at radius 3 is 2.61 bits per heavy atom. The van der Waals surface area contributed by atoms with E-state index in [1.54, 1.807) is 6.33 Å². The summed E-state index contributed by atoms with van der Waals surface area (Å²) in [7, 11) is 0. The second-order valence-electron chi connectivity index (χ2n) is 5.19. The van der Waals surface area contributed by atoms with Gasteiger partial charge in [-0.3, -0.25) is 4.90 Å². The number of aromatic nitrogens is 2. The maximum Gasteiger partial charge on any atom is 0.136 e. The minimum Gasteiger partial charge on any atom is -0.354 e. The van der Waals surface area contributed by atoms with Gasteiger partial charge in [0.05, 0.1) is 5.88 Å². The third-order valence-corrected chi connectivity index (χ3v) is 3.49. The van der Waals surface area contributed by atoms with Crippen LogP contribution in [0.5, 0.6) is 0 Å². The van der Waals surface area contributed by atoms with Gasteiger partial charge in [0, 0.05) is 44.5 Å². The Kier molecular flexibility index (Phi) is 4.78. The summed E-state index contributed by atoms with van der Waals surface area (Å²) in [4.78, 5) is 13.2. The Morgan fingerprint density at radius 1 is 1.28 bits per heavy atom. The van der Waals surface area contributed by atoms with E-state index in [1.165, 1.54) is 6.54 Å². The van der Waals surface area contributed by atoms with Crippen LogP contribution in [0.3, 0.4) is 0 Å². The number of halogens is 1. The van der Waals surface area contributed by atoms with Gasteiger partial charge in [-0.25, -0.2) is 9.97 Å². The molecule has 0 aromatic carbocycles. The predicted molar refractivity (Wildman–Crippen MR) is 75.1 cm³/mol. The summed E-state index contributed by atoms with van der Waals surface area (Å²) in [5.74, 6) is 2.21. The van der Waals surface area contributed by atoms with Gasteiger partial charge in [0.25, 0.3) is 0 Å². The molecule has 1 saturated heterocycles. The Balaban J connectivity index is 1.97. The summed E-state index contributed by atoms with van der Waals surface area (Å²) in [5.41, 5.74) is 1.02. The van der Waals surface area contributed by atoms with E-state index in [-0.39, 0.29) is 0 Å². The molecule has 2 rings (SSSR count). The Labute approximate surface area is 114 Å². The van der Waals surface area contributed by atoms with Crippen molar-refractivity contribution < 1.29 is 0 Å². The second kappa shape index (κ2) is 6.34. The Hall–Kier alpha value is -0.870. The minimum absolute atomic E-state index is 0.475. The molecule has 0 atom stereocenters. The van der Waals surface area contributed by atoms with Crippen molar-refractivity contribution in [3.8, 4) is 0 Å². The molecule has 1 aromatic rings. The number of anilines is 1. The number of nitrogens with zero attached hydrogens (tertiary/aromatic N) is 4. The van der Waals surface area contributed by atoms with Gasteiger partial charge in [-0.15, -0.1) is 11.6 Å². The van der Waals surface area contributed by atoms with Crippen molar-refractivity contribution in [3.05, 3.63) is 18.1 Å². The average Bonchev–Trinajstić information content (AvgIpc) is 2.39. The first kappa shape index (κ1) is 13.6. The molecule has 1 aromatic heterocycles. The number of piperazine rings is 1. The maximum absolute atomic E-state index is 5.93. The third kappa shape index (κ3) is 3.33. The lowest BCUT2D eigenvalue weighted by molar-refractivity contribution is 0.231. The van der Waals surface area contributed by atoms with Crippen LogP contribution in [-0.2, 0) is 5.88 Å². The summed E-state index contributed by atoms with van der Waals surface area (Å²) in [5, 5.41) is 0. The molecule has 18 heavy (non-hydrogen) atoms. The topological polar surface area (TPSA) is 32.3 Å². The van der Waals surface area contributed by atoms with Crippen LogP contribution in [-0.4, -0.2) is 47.6 Å². The molecule has 2 heterocycles. The molecule has 0 aliphatic carbocycles. The molecule has 0 saturated carbocycles. The van der Waals surface area contributed by atoms with E-state index in [4.69, 9.17) is 11.6 Å². The summed E-state index contributed by atoms with van der Waals surface area (Å²) in [6.45, 7) is 9.96. The van der Waals surface area contributed by atoms with Crippen molar-refractivity contribution >= 4 is 17.4 Å². The first-order valence-electron chi connectivity index (χ1n) is 6.53. The molecular formula is C13H21ClN4. The van der Waals surface area contributed by atoms with Gasteiger partial charge in [0.15, 0.2) is 0 Å². The fourth-order valence-electron chi connectivity index (χ4n) is 2.39. The highest BCUT2D eigenvalue weighted by Crippen LogP contribution is 2.19. The zero-order valence-corrected chi connectivity index (χ0v) is 11.9. The van der Waals surface area contributed by atoms with Gasteiger partial charge in [0.1, 0.15) is 12.1 Å². The van der Waals surface area contributed by atoms with Gasteiger partial charge < -0.3 is 4.90 Å². The summed E-state index contributed by atoms with van der Waals surface area (Å²) in [6, 6.07) is 0. The zero-order valence-electron chi connectivity index (χ0n) is 11.1. The first-order chi connectivity index (χ1) is 8.70. The van der Waals surface area contributed by atoms with E-state index in [1.807, 2.05) is 6.20 Å². The molecule has 100 valence electrons. The van der Waals surface area contributed by atoms with E-state index in [9.17, 15) is 0 Å². The molecule has 5 heteroatoms. The van der Waals surface area contributed by atoms with Gasteiger partial charge >= 0.3 is 0 Å². The van der Waals surface area contributed by atoms with E-state index < -0.39 is 0 Å². The lowest BCUT2D eigenvalue weighted by atomic mass is 10.2. The van der Waals surface area contributed by atoms with Crippen LogP contribution in [0.25, 0.3) is 0 Å². The Morgan fingerprint density at radius 2 is 2.00 bits per heavy atom. The zero-order chi connectivity index (χ0) is 13.0. The van der Waals surface area contributed by atoms with E-state index >= 15 is 0 Å². The fourth-order valence-corrected chi connectivity index (χ4v) is 2.58. The fraction of sp³-hybridized carbons (Fsp3) is 0.692. The lowest BCUT2D eigenvalue weighted by Crippen LogP contribution is -2.48.